The average molecular weight is 354 g/mol. The maximum Gasteiger partial charge on any atom is 0.247 e. The molecule has 136 valence electrons. The molecule has 1 aromatic rings. The minimum Gasteiger partial charge on any atom is -0.497 e. The number of methoxy groups -OCH3 is 1. The molecular weight excluding hydrogens is 332 g/mol. The molecule has 0 spiro atoms. The molecule has 6 heteroatoms. The highest BCUT2D eigenvalue weighted by molar-refractivity contribution is 6.10. The van der Waals surface area contributed by atoms with E-state index in [1.54, 1.807) is 31.4 Å². The number of fused-ring (bicyclic) bond motifs is 5. The summed E-state index contributed by atoms with van der Waals surface area (Å²) in [5, 5.41) is 2.81. The Morgan fingerprint density at radius 3 is 2.23 bits per heavy atom. The third kappa shape index (κ3) is 2.43. The van der Waals surface area contributed by atoms with Crippen molar-refractivity contribution in [2.45, 2.75) is 25.8 Å². The van der Waals surface area contributed by atoms with Gasteiger partial charge in [0, 0.05) is 5.69 Å². The Kier molecular flexibility index (Phi) is 4.05. The third-order valence-corrected chi connectivity index (χ3v) is 5.86. The number of carbonyl (C=O) groups excluding carboxylic acids is 3. The number of benzene rings is 1. The molecule has 1 heterocycles. The van der Waals surface area contributed by atoms with Crippen LogP contribution in [0.2, 0.25) is 0 Å². The molecule has 5 atom stereocenters. The van der Waals surface area contributed by atoms with E-state index < -0.39 is 6.04 Å². The number of allylic oxidation sites excluding steroid dienone is 2. The Hall–Kier alpha value is -2.63. The average Bonchev–Trinajstić information content (AvgIpc) is 3.32. The van der Waals surface area contributed by atoms with E-state index in [1.165, 1.54) is 4.90 Å². The van der Waals surface area contributed by atoms with E-state index in [1.807, 2.05) is 6.92 Å². The van der Waals surface area contributed by atoms with Crippen molar-refractivity contribution in [1.82, 2.24) is 4.90 Å². The largest absolute Gasteiger partial charge is 0.497 e. The summed E-state index contributed by atoms with van der Waals surface area (Å²) in [5.41, 5.74) is 0.607. The van der Waals surface area contributed by atoms with Crippen LogP contribution in [0.1, 0.15) is 19.8 Å². The van der Waals surface area contributed by atoms with Crippen LogP contribution >= 0.6 is 0 Å². The fourth-order valence-electron chi connectivity index (χ4n) is 4.62. The zero-order valence-corrected chi connectivity index (χ0v) is 14.8. The minimum absolute atomic E-state index is 0.147. The molecule has 26 heavy (non-hydrogen) atoms. The first kappa shape index (κ1) is 16.8. The molecule has 0 radical (unpaired) electrons. The molecule has 1 saturated carbocycles. The van der Waals surface area contributed by atoms with Crippen molar-refractivity contribution in [3.8, 4) is 5.75 Å². The quantitative estimate of drug-likeness (QED) is 0.650. The lowest BCUT2D eigenvalue weighted by Gasteiger charge is -2.26. The van der Waals surface area contributed by atoms with E-state index in [0.29, 0.717) is 17.9 Å². The van der Waals surface area contributed by atoms with E-state index in [4.69, 9.17) is 4.74 Å². The lowest BCUT2D eigenvalue weighted by molar-refractivity contribution is -0.147. The summed E-state index contributed by atoms with van der Waals surface area (Å²) in [4.78, 5) is 39.8. The number of nitrogens with zero attached hydrogens (tertiary/aromatic N) is 1. The van der Waals surface area contributed by atoms with Crippen LogP contribution in [-0.4, -0.2) is 35.8 Å². The van der Waals surface area contributed by atoms with Crippen LogP contribution in [0.4, 0.5) is 5.69 Å². The topological polar surface area (TPSA) is 75.7 Å². The highest BCUT2D eigenvalue weighted by atomic mass is 16.5. The molecular formula is C20H22N2O4. The van der Waals surface area contributed by atoms with Crippen LogP contribution in [0.3, 0.4) is 0 Å². The van der Waals surface area contributed by atoms with Gasteiger partial charge in [-0.05, 0) is 48.9 Å². The normalized spacial score (nSPS) is 29.8. The zero-order chi connectivity index (χ0) is 18.4. The van der Waals surface area contributed by atoms with Gasteiger partial charge in [-0.3, -0.25) is 19.3 Å². The lowest BCUT2D eigenvalue weighted by Crippen LogP contribution is -2.48. The number of anilines is 1. The molecule has 1 saturated heterocycles. The number of rotatable bonds is 5. The maximum absolute atomic E-state index is 12.9. The van der Waals surface area contributed by atoms with Crippen molar-refractivity contribution in [3.05, 3.63) is 36.4 Å². The van der Waals surface area contributed by atoms with Crippen molar-refractivity contribution < 1.29 is 19.1 Å². The van der Waals surface area contributed by atoms with Gasteiger partial charge < -0.3 is 10.1 Å². The molecule has 2 aliphatic carbocycles. The van der Waals surface area contributed by atoms with Crippen LogP contribution in [0.5, 0.6) is 5.75 Å². The van der Waals surface area contributed by atoms with E-state index in [9.17, 15) is 14.4 Å². The molecule has 3 amide bonds. The van der Waals surface area contributed by atoms with Crippen LogP contribution < -0.4 is 10.1 Å². The first-order chi connectivity index (χ1) is 12.5. The number of amides is 3. The first-order valence-electron chi connectivity index (χ1n) is 9.05. The monoisotopic (exact) mass is 354 g/mol. The summed E-state index contributed by atoms with van der Waals surface area (Å²) in [5.74, 6) is -0.277. The predicted octanol–water partition coefficient (Wildman–Crippen LogP) is 2.22. The van der Waals surface area contributed by atoms with Gasteiger partial charge >= 0.3 is 0 Å². The number of nitrogens with one attached hydrogen (secondary N) is 1. The molecule has 1 aliphatic heterocycles. The summed E-state index contributed by atoms with van der Waals surface area (Å²) in [6.07, 6.45) is 5.38. The van der Waals surface area contributed by atoms with E-state index >= 15 is 0 Å². The van der Waals surface area contributed by atoms with Crippen molar-refractivity contribution in [3.63, 3.8) is 0 Å². The van der Waals surface area contributed by atoms with Crippen LogP contribution in [0, 0.1) is 23.7 Å². The van der Waals surface area contributed by atoms with E-state index in [2.05, 4.69) is 17.5 Å². The molecule has 3 aliphatic rings. The zero-order valence-electron chi connectivity index (χ0n) is 14.8. The Morgan fingerprint density at radius 1 is 1.15 bits per heavy atom. The SMILES string of the molecule is CCC(C(=O)Nc1ccc(OC)cc1)N1C(=O)C2C3C=CC(C3)C2C1=O. The van der Waals surface area contributed by atoms with Crippen LogP contribution in [0.15, 0.2) is 36.4 Å². The fourth-order valence-corrected chi connectivity index (χ4v) is 4.62. The number of carbonyl (C=O) groups is 3. The molecule has 1 N–H and O–H groups in total. The van der Waals surface area contributed by atoms with Crippen molar-refractivity contribution >= 4 is 23.4 Å². The van der Waals surface area contributed by atoms with Gasteiger partial charge in [-0.25, -0.2) is 0 Å². The number of hydrogen-bond donors (Lipinski definition) is 1. The Labute approximate surface area is 152 Å². The van der Waals surface area contributed by atoms with Crippen LogP contribution in [0.25, 0.3) is 0 Å². The standard InChI is InChI=1S/C20H22N2O4/c1-3-15(18(23)21-13-6-8-14(26-2)9-7-13)22-19(24)16-11-4-5-12(10-11)17(16)20(22)25/h4-9,11-12,15-17H,3,10H2,1-2H3,(H,21,23). The fraction of sp³-hybridized carbons (Fsp3) is 0.450. The summed E-state index contributed by atoms with van der Waals surface area (Å²) in [6.45, 7) is 1.82. The third-order valence-electron chi connectivity index (χ3n) is 5.86. The summed E-state index contributed by atoms with van der Waals surface area (Å²) < 4.78 is 5.10. The van der Waals surface area contributed by atoms with Gasteiger partial charge in [0.05, 0.1) is 18.9 Å². The van der Waals surface area contributed by atoms with Crippen LogP contribution in [-0.2, 0) is 14.4 Å². The second-order valence-corrected chi connectivity index (χ2v) is 7.19. The second kappa shape index (κ2) is 6.27. The molecule has 0 aromatic heterocycles. The van der Waals surface area contributed by atoms with Gasteiger partial charge in [0.1, 0.15) is 11.8 Å². The predicted molar refractivity (Wildman–Crippen MR) is 95.3 cm³/mol. The Bertz CT molecular complexity index is 756. The van der Waals surface area contributed by atoms with Gasteiger partial charge in [-0.1, -0.05) is 19.1 Å². The first-order valence-corrected chi connectivity index (χ1v) is 9.05. The van der Waals surface area contributed by atoms with Gasteiger partial charge in [-0.15, -0.1) is 0 Å². The van der Waals surface area contributed by atoms with Gasteiger partial charge in [0.15, 0.2) is 0 Å². The Balaban J connectivity index is 1.52. The number of hydrogen-bond acceptors (Lipinski definition) is 4. The minimum atomic E-state index is -0.776. The maximum atomic E-state index is 12.9. The van der Waals surface area contributed by atoms with Gasteiger partial charge in [0.2, 0.25) is 17.7 Å². The highest BCUT2D eigenvalue weighted by Crippen LogP contribution is 2.53. The highest BCUT2D eigenvalue weighted by Gasteiger charge is 2.60. The molecule has 5 unspecified atom stereocenters. The van der Waals surface area contributed by atoms with E-state index in [0.717, 1.165) is 6.42 Å². The number of likely N-dealkylation sites (tertiary alicyclic amines) is 1. The molecule has 2 bridgehead atoms. The molecule has 2 fully saturated rings. The summed E-state index contributed by atoms with van der Waals surface area (Å²) in [7, 11) is 1.57. The number of imide groups is 1. The molecule has 4 rings (SSSR count). The van der Waals surface area contributed by atoms with Crippen molar-refractivity contribution in [1.29, 1.82) is 0 Å². The smallest absolute Gasteiger partial charge is 0.247 e. The summed E-state index contributed by atoms with van der Waals surface area (Å²) >= 11 is 0. The lowest BCUT2D eigenvalue weighted by atomic mass is 9.85. The van der Waals surface area contributed by atoms with Gasteiger partial charge in [-0.2, -0.15) is 0 Å². The number of ether oxygens (including phenoxy) is 1. The molecule has 1 aromatic carbocycles. The van der Waals surface area contributed by atoms with Crippen molar-refractivity contribution in [2.24, 2.45) is 23.7 Å². The van der Waals surface area contributed by atoms with Gasteiger partial charge in [0.25, 0.3) is 0 Å². The Morgan fingerprint density at radius 2 is 1.73 bits per heavy atom. The summed E-state index contributed by atoms with van der Waals surface area (Å²) in [6, 6.07) is 6.18. The molecule has 6 nitrogen and oxygen atoms in total. The van der Waals surface area contributed by atoms with Crippen molar-refractivity contribution in [2.75, 3.05) is 12.4 Å². The van der Waals surface area contributed by atoms with E-state index in [-0.39, 0.29) is 41.4 Å². The second-order valence-electron chi connectivity index (χ2n) is 7.19.